The normalized spacial score (nSPS) is 16.3. The summed E-state index contributed by atoms with van der Waals surface area (Å²) < 4.78 is 9.24. The van der Waals surface area contributed by atoms with E-state index < -0.39 is 0 Å². The molecule has 0 amide bonds. The molecule has 2 saturated carbocycles. The molecule has 10 aromatic rings. The highest BCUT2D eigenvalue weighted by Crippen LogP contribution is 2.58. The maximum absolute atomic E-state index is 6.95. The van der Waals surface area contributed by atoms with Crippen LogP contribution in [0.4, 0.5) is 22.7 Å². The summed E-state index contributed by atoms with van der Waals surface area (Å²) in [4.78, 5) is 10.2. The quantitative estimate of drug-likeness (QED) is 0.137. The number of nitrogens with zero attached hydrogens (tertiary/aromatic N) is 4. The SMILES string of the molecule is CC(C)(C)c1ccnc(-n2c3ccccc3c3ccc(Oc4cccc(N5CN(c6c(C7(c8ccccc8)CCCCC7)cc(-c7ccccc7)cc6C6(c7ccccc7)CCCCC6)c6ccccc65)c4)cc32)c1. The Morgan fingerprint density at radius 3 is 1.65 bits per heavy atom. The molecular formula is C70H66N4O. The van der Waals surface area contributed by atoms with Gasteiger partial charge < -0.3 is 14.5 Å². The number of para-hydroxylation sites is 3. The van der Waals surface area contributed by atoms with Crippen LogP contribution in [0.2, 0.25) is 0 Å². The van der Waals surface area contributed by atoms with Gasteiger partial charge >= 0.3 is 0 Å². The lowest BCUT2D eigenvalue weighted by Gasteiger charge is -2.46. The van der Waals surface area contributed by atoms with Gasteiger partial charge in [0.2, 0.25) is 0 Å². The molecule has 8 aromatic carbocycles. The summed E-state index contributed by atoms with van der Waals surface area (Å²) >= 11 is 0. The van der Waals surface area contributed by atoms with Crippen molar-refractivity contribution < 1.29 is 4.74 Å². The van der Waals surface area contributed by atoms with Crippen LogP contribution < -0.4 is 14.5 Å². The van der Waals surface area contributed by atoms with Gasteiger partial charge in [0.05, 0.1) is 28.1 Å². The van der Waals surface area contributed by atoms with Crippen molar-refractivity contribution in [1.82, 2.24) is 9.55 Å². The fourth-order valence-electron chi connectivity index (χ4n) is 13.4. The van der Waals surface area contributed by atoms with E-state index in [-0.39, 0.29) is 16.2 Å². The zero-order chi connectivity index (χ0) is 50.6. The Morgan fingerprint density at radius 1 is 0.453 bits per heavy atom. The van der Waals surface area contributed by atoms with Gasteiger partial charge in [-0.05, 0) is 137 Å². The summed E-state index contributed by atoms with van der Waals surface area (Å²) in [5.41, 5.74) is 16.4. The first-order valence-corrected chi connectivity index (χ1v) is 27.6. The third-order valence-corrected chi connectivity index (χ3v) is 17.2. The Balaban J connectivity index is 0.961. The minimum Gasteiger partial charge on any atom is -0.457 e. The zero-order valence-corrected chi connectivity index (χ0v) is 43.7. The number of benzene rings is 8. The number of anilines is 4. The highest BCUT2D eigenvalue weighted by molar-refractivity contribution is 6.09. The van der Waals surface area contributed by atoms with Crippen molar-refractivity contribution in [2.24, 2.45) is 0 Å². The third-order valence-electron chi connectivity index (χ3n) is 17.2. The Labute approximate surface area is 443 Å². The maximum Gasteiger partial charge on any atom is 0.137 e. The third kappa shape index (κ3) is 8.28. The summed E-state index contributed by atoms with van der Waals surface area (Å²) in [6.45, 7) is 7.43. The van der Waals surface area contributed by atoms with Crippen LogP contribution in [0.1, 0.15) is 113 Å². The van der Waals surface area contributed by atoms with Gasteiger partial charge in [-0.3, -0.25) is 4.57 Å². The molecule has 2 fully saturated rings. The molecule has 3 heterocycles. The summed E-state index contributed by atoms with van der Waals surface area (Å²) in [7, 11) is 0. The van der Waals surface area contributed by atoms with Crippen molar-refractivity contribution in [3.63, 3.8) is 0 Å². The molecule has 5 heteroatoms. The first-order valence-electron chi connectivity index (χ1n) is 27.6. The Bertz CT molecular complexity index is 3590. The van der Waals surface area contributed by atoms with Crippen molar-refractivity contribution >= 4 is 44.6 Å². The molecule has 13 rings (SSSR count). The van der Waals surface area contributed by atoms with E-state index in [0.29, 0.717) is 6.67 Å². The predicted molar refractivity (Wildman–Crippen MR) is 312 cm³/mol. The number of hydrogen-bond acceptors (Lipinski definition) is 4. The van der Waals surface area contributed by atoms with Gasteiger partial charge in [0, 0.05) is 45.6 Å². The van der Waals surface area contributed by atoms with Crippen molar-refractivity contribution in [2.75, 3.05) is 16.5 Å². The topological polar surface area (TPSA) is 33.5 Å². The van der Waals surface area contributed by atoms with E-state index >= 15 is 0 Å². The highest BCUT2D eigenvalue weighted by Gasteiger charge is 2.46. The van der Waals surface area contributed by atoms with E-state index in [9.17, 15) is 0 Å². The zero-order valence-electron chi connectivity index (χ0n) is 43.7. The molecule has 0 bridgehead atoms. The lowest BCUT2D eigenvalue weighted by Crippen LogP contribution is -2.38. The van der Waals surface area contributed by atoms with Gasteiger partial charge in [-0.25, -0.2) is 4.98 Å². The number of aromatic nitrogens is 2. The molecule has 3 aliphatic rings. The molecule has 75 heavy (non-hydrogen) atoms. The van der Waals surface area contributed by atoms with Crippen molar-refractivity contribution in [1.29, 1.82) is 0 Å². The van der Waals surface area contributed by atoms with Crippen LogP contribution in [0.25, 0.3) is 38.8 Å². The number of fused-ring (bicyclic) bond motifs is 4. The van der Waals surface area contributed by atoms with Crippen LogP contribution in [-0.2, 0) is 16.2 Å². The minimum atomic E-state index is -0.171. The van der Waals surface area contributed by atoms with Crippen LogP contribution in [-0.4, -0.2) is 16.2 Å². The van der Waals surface area contributed by atoms with Gasteiger partial charge in [0.25, 0.3) is 0 Å². The average molecular weight is 979 g/mol. The smallest absolute Gasteiger partial charge is 0.137 e. The summed E-state index contributed by atoms with van der Waals surface area (Å²) in [6.07, 6.45) is 13.7. The second-order valence-corrected chi connectivity index (χ2v) is 22.6. The minimum absolute atomic E-state index is 0.0143. The van der Waals surface area contributed by atoms with E-state index in [1.165, 1.54) is 105 Å². The van der Waals surface area contributed by atoms with Gasteiger partial charge in [0.1, 0.15) is 24.0 Å². The second kappa shape index (κ2) is 19.1. The highest BCUT2D eigenvalue weighted by atomic mass is 16.5. The van der Waals surface area contributed by atoms with E-state index in [2.05, 4.69) is 241 Å². The van der Waals surface area contributed by atoms with E-state index in [1.807, 2.05) is 6.20 Å². The lowest BCUT2D eigenvalue weighted by molar-refractivity contribution is 0.337. The second-order valence-electron chi connectivity index (χ2n) is 22.6. The standard InChI is InChI=1S/C70H66N4O/c1-68(2,3)54-38-43-71-66(46-54)74-62-33-16-15-32-58(62)59-37-36-57(48-65(59)74)75-56-31-23-30-55(47-56)72-49-73(64-35-18-17-34-63(64)72)67-60(69(39-19-7-20-40-69)52-26-11-5-12-27-52)44-51(50-24-9-4-10-25-50)45-61(67)70(41-21-8-22-42-70)53-28-13-6-14-29-53/h4-6,9-18,23-38,43-48H,7-8,19-22,39-42,49H2,1-3H3. The number of pyridine rings is 1. The van der Waals surface area contributed by atoms with Crippen LogP contribution in [0.5, 0.6) is 11.5 Å². The van der Waals surface area contributed by atoms with Crippen LogP contribution in [0.3, 0.4) is 0 Å². The lowest BCUT2D eigenvalue weighted by atomic mass is 9.60. The predicted octanol–water partition coefficient (Wildman–Crippen LogP) is 18.7. The average Bonchev–Trinajstić information content (AvgIpc) is 4.03. The molecule has 0 spiro atoms. The fourth-order valence-corrected chi connectivity index (χ4v) is 13.4. The van der Waals surface area contributed by atoms with E-state index in [0.717, 1.165) is 59.7 Å². The molecule has 5 nitrogen and oxygen atoms in total. The summed E-state index contributed by atoms with van der Waals surface area (Å²) in [6, 6.07) is 76.9. The first-order chi connectivity index (χ1) is 36.8. The molecule has 372 valence electrons. The van der Waals surface area contributed by atoms with Gasteiger partial charge in [-0.2, -0.15) is 0 Å². The molecule has 0 N–H and O–H groups in total. The van der Waals surface area contributed by atoms with Crippen molar-refractivity contribution in [3.05, 3.63) is 240 Å². The fraction of sp³-hybridized carbons (Fsp3) is 0.243. The van der Waals surface area contributed by atoms with Crippen molar-refractivity contribution in [2.45, 2.75) is 101 Å². The largest absolute Gasteiger partial charge is 0.457 e. The molecule has 0 atom stereocenters. The molecule has 0 saturated heterocycles. The van der Waals surface area contributed by atoms with Gasteiger partial charge in [0.15, 0.2) is 0 Å². The van der Waals surface area contributed by atoms with E-state index in [4.69, 9.17) is 9.72 Å². The van der Waals surface area contributed by atoms with Crippen molar-refractivity contribution in [3.8, 4) is 28.4 Å². The molecule has 2 aromatic heterocycles. The Hall–Kier alpha value is -7.89. The van der Waals surface area contributed by atoms with Gasteiger partial charge in [-0.1, -0.05) is 187 Å². The summed E-state index contributed by atoms with van der Waals surface area (Å²) in [5.74, 6) is 2.48. The number of rotatable bonds is 10. The van der Waals surface area contributed by atoms with Crippen LogP contribution in [0.15, 0.2) is 212 Å². The Kier molecular flexibility index (Phi) is 11.9. The Morgan fingerprint density at radius 2 is 1.01 bits per heavy atom. The number of hydrogen-bond donors (Lipinski definition) is 0. The molecular weight excluding hydrogens is 913 g/mol. The molecule has 2 aliphatic carbocycles. The van der Waals surface area contributed by atoms with Crippen LogP contribution >= 0.6 is 0 Å². The van der Waals surface area contributed by atoms with Crippen LogP contribution in [0, 0.1) is 0 Å². The molecule has 0 unspecified atom stereocenters. The monoisotopic (exact) mass is 979 g/mol. The van der Waals surface area contributed by atoms with E-state index in [1.54, 1.807) is 0 Å². The first kappa shape index (κ1) is 46.9. The maximum atomic E-state index is 6.95. The molecule has 1 aliphatic heterocycles. The van der Waals surface area contributed by atoms with Gasteiger partial charge in [-0.15, -0.1) is 0 Å². The summed E-state index contributed by atoms with van der Waals surface area (Å²) in [5, 5.41) is 2.36. The molecule has 0 radical (unpaired) electrons. The number of ether oxygens (including phenoxy) is 1.